The molecule has 1 amide bonds. The lowest BCUT2D eigenvalue weighted by atomic mass is 9.92. The van der Waals surface area contributed by atoms with Crippen LogP contribution >= 0.6 is 0 Å². The second-order valence-electron chi connectivity index (χ2n) is 7.77. The fraction of sp³-hybridized carbons (Fsp3) is 0.579. The van der Waals surface area contributed by atoms with Gasteiger partial charge in [-0.25, -0.2) is 9.78 Å². The van der Waals surface area contributed by atoms with Gasteiger partial charge in [0.05, 0.1) is 10.9 Å². The Hall–Kier alpha value is -2.65. The number of aryl methyl sites for hydroxylation is 1. The summed E-state index contributed by atoms with van der Waals surface area (Å²) in [5, 5.41) is -0.628. The zero-order valence-electron chi connectivity index (χ0n) is 16.7. The number of aromatic nitrogens is 3. The van der Waals surface area contributed by atoms with Gasteiger partial charge in [0.15, 0.2) is 0 Å². The highest BCUT2D eigenvalue weighted by Crippen LogP contribution is 2.36. The van der Waals surface area contributed by atoms with Crippen molar-refractivity contribution < 1.29 is 18.0 Å². The van der Waals surface area contributed by atoms with Crippen molar-refractivity contribution in [2.75, 3.05) is 13.1 Å². The number of hydrogen-bond acceptors (Lipinski definition) is 4. The number of halogens is 3. The van der Waals surface area contributed by atoms with Gasteiger partial charge in [-0.2, -0.15) is 13.2 Å². The minimum absolute atomic E-state index is 0.0622. The number of likely N-dealkylation sites (tertiary alicyclic amines) is 1. The third-order valence-corrected chi connectivity index (χ3v) is 5.38. The van der Waals surface area contributed by atoms with Gasteiger partial charge in [-0.15, -0.1) is 0 Å². The van der Waals surface area contributed by atoms with Gasteiger partial charge in [0.25, 0.3) is 5.56 Å². The van der Waals surface area contributed by atoms with E-state index in [0.29, 0.717) is 24.0 Å². The molecule has 1 atom stereocenters. The smallest absolute Gasteiger partial charge is 0.342 e. The van der Waals surface area contributed by atoms with Gasteiger partial charge in [-0.1, -0.05) is 13.8 Å². The monoisotopic (exact) mass is 412 g/mol. The number of hydrogen-bond donors (Lipinski definition) is 0. The first-order valence-corrected chi connectivity index (χ1v) is 9.40. The molecule has 3 rings (SSSR count). The first kappa shape index (κ1) is 21.1. The van der Waals surface area contributed by atoms with E-state index in [-0.39, 0.29) is 29.7 Å². The summed E-state index contributed by atoms with van der Waals surface area (Å²) < 4.78 is 43.0. The summed E-state index contributed by atoms with van der Waals surface area (Å²) in [5.41, 5.74) is -3.05. The summed E-state index contributed by atoms with van der Waals surface area (Å²) in [6, 6.07) is 0.891. The molecule has 1 fully saturated rings. The Morgan fingerprint density at radius 1 is 1.21 bits per heavy atom. The number of amides is 1. The standard InChI is InChI=1S/C19H23F3N4O3/c1-10(2)16(27)26-7-5-6-11(9-26)13-8-12(19(20,21)22)14-15(23-13)24(3)18(29)25(4)17(14)28/h8,10-11H,5-7,9H2,1-4H3/t11-/m0/s1. The van der Waals surface area contributed by atoms with Crippen molar-refractivity contribution in [3.63, 3.8) is 0 Å². The van der Waals surface area contributed by atoms with Crippen molar-refractivity contribution in [2.24, 2.45) is 20.0 Å². The van der Waals surface area contributed by atoms with E-state index in [2.05, 4.69) is 4.98 Å². The Bertz CT molecular complexity index is 1090. The molecule has 0 saturated carbocycles. The Morgan fingerprint density at radius 2 is 1.86 bits per heavy atom. The van der Waals surface area contributed by atoms with Crippen molar-refractivity contribution in [1.82, 2.24) is 19.0 Å². The molecule has 0 N–H and O–H groups in total. The van der Waals surface area contributed by atoms with Gasteiger partial charge in [-0.05, 0) is 18.9 Å². The maximum absolute atomic E-state index is 13.8. The minimum Gasteiger partial charge on any atom is -0.342 e. The van der Waals surface area contributed by atoms with Gasteiger partial charge >= 0.3 is 11.9 Å². The molecule has 0 aliphatic carbocycles. The van der Waals surface area contributed by atoms with Crippen LogP contribution in [0.5, 0.6) is 0 Å². The molecule has 1 aliphatic rings. The Kier molecular flexibility index (Phi) is 5.31. The number of carbonyl (C=O) groups is 1. The summed E-state index contributed by atoms with van der Waals surface area (Å²) >= 11 is 0. The molecule has 29 heavy (non-hydrogen) atoms. The van der Waals surface area contributed by atoms with E-state index >= 15 is 0 Å². The van der Waals surface area contributed by atoms with E-state index < -0.39 is 34.3 Å². The third kappa shape index (κ3) is 3.67. The largest absolute Gasteiger partial charge is 0.417 e. The van der Waals surface area contributed by atoms with E-state index in [9.17, 15) is 27.6 Å². The summed E-state index contributed by atoms with van der Waals surface area (Å²) in [4.78, 5) is 42.9. The van der Waals surface area contributed by atoms with Crippen molar-refractivity contribution in [3.05, 3.63) is 38.2 Å². The number of pyridine rings is 1. The fourth-order valence-electron chi connectivity index (χ4n) is 3.79. The normalized spacial score (nSPS) is 17.9. The number of alkyl halides is 3. The molecule has 158 valence electrons. The van der Waals surface area contributed by atoms with Crippen molar-refractivity contribution in [2.45, 2.75) is 38.8 Å². The van der Waals surface area contributed by atoms with Gasteiger partial charge < -0.3 is 4.90 Å². The number of nitrogens with zero attached hydrogens (tertiary/aromatic N) is 4. The van der Waals surface area contributed by atoms with Crippen LogP contribution in [0.15, 0.2) is 15.7 Å². The predicted molar refractivity (Wildman–Crippen MR) is 101 cm³/mol. The zero-order chi connectivity index (χ0) is 21.7. The van der Waals surface area contributed by atoms with Gasteiger partial charge in [0, 0.05) is 44.7 Å². The topological polar surface area (TPSA) is 77.2 Å². The molecular weight excluding hydrogens is 389 g/mol. The number of rotatable bonds is 2. The fourth-order valence-corrected chi connectivity index (χ4v) is 3.79. The van der Waals surface area contributed by atoms with E-state index in [4.69, 9.17) is 0 Å². The van der Waals surface area contributed by atoms with Crippen molar-refractivity contribution in [3.8, 4) is 0 Å². The number of carbonyl (C=O) groups excluding carboxylic acids is 1. The summed E-state index contributed by atoms with van der Waals surface area (Å²) in [6.07, 6.45) is -3.59. The van der Waals surface area contributed by atoms with Gasteiger partial charge in [0.2, 0.25) is 5.91 Å². The van der Waals surface area contributed by atoms with Crippen LogP contribution in [-0.2, 0) is 25.1 Å². The second-order valence-corrected chi connectivity index (χ2v) is 7.77. The lowest BCUT2D eigenvalue weighted by Gasteiger charge is -2.34. The van der Waals surface area contributed by atoms with Crippen LogP contribution in [-0.4, -0.2) is 38.0 Å². The SMILES string of the molecule is CC(C)C(=O)N1CCC[C@H](c2cc(C(F)(F)F)c3c(=O)n(C)c(=O)n(C)c3n2)C1. The lowest BCUT2D eigenvalue weighted by Crippen LogP contribution is -2.42. The Labute approximate surface area is 164 Å². The summed E-state index contributed by atoms with van der Waals surface area (Å²) in [6.45, 7) is 4.35. The molecule has 3 heterocycles. The molecule has 0 aromatic carbocycles. The maximum Gasteiger partial charge on any atom is 0.417 e. The van der Waals surface area contributed by atoms with E-state index in [1.165, 1.54) is 7.05 Å². The first-order valence-electron chi connectivity index (χ1n) is 9.40. The number of fused-ring (bicyclic) bond motifs is 1. The van der Waals surface area contributed by atoms with Crippen LogP contribution in [0.2, 0.25) is 0 Å². The van der Waals surface area contributed by atoms with Crippen LogP contribution in [0.3, 0.4) is 0 Å². The molecule has 0 spiro atoms. The van der Waals surface area contributed by atoms with Crippen molar-refractivity contribution in [1.29, 1.82) is 0 Å². The molecule has 2 aromatic rings. The zero-order valence-corrected chi connectivity index (χ0v) is 16.7. The van der Waals surface area contributed by atoms with Crippen molar-refractivity contribution >= 4 is 16.9 Å². The quantitative estimate of drug-likeness (QED) is 0.756. The predicted octanol–water partition coefficient (Wildman–Crippen LogP) is 2.01. The molecule has 10 heteroatoms. The van der Waals surface area contributed by atoms with E-state index in [1.54, 1.807) is 18.7 Å². The third-order valence-electron chi connectivity index (χ3n) is 5.38. The Balaban J connectivity index is 2.21. The lowest BCUT2D eigenvalue weighted by molar-refractivity contribution is -0.137. The minimum atomic E-state index is -4.79. The average molecular weight is 412 g/mol. The molecule has 0 unspecified atom stereocenters. The van der Waals surface area contributed by atoms with E-state index in [0.717, 1.165) is 17.7 Å². The first-order chi connectivity index (χ1) is 13.4. The summed E-state index contributed by atoms with van der Waals surface area (Å²) in [7, 11) is 2.42. The molecule has 1 saturated heterocycles. The van der Waals surface area contributed by atoms with Crippen LogP contribution < -0.4 is 11.2 Å². The Morgan fingerprint density at radius 3 is 2.45 bits per heavy atom. The summed E-state index contributed by atoms with van der Waals surface area (Å²) in [5.74, 6) is -0.684. The average Bonchev–Trinajstić information content (AvgIpc) is 2.68. The molecule has 0 radical (unpaired) electrons. The molecule has 0 bridgehead atoms. The highest BCUT2D eigenvalue weighted by molar-refractivity contribution is 5.80. The van der Waals surface area contributed by atoms with Gasteiger partial charge in [0.1, 0.15) is 5.65 Å². The maximum atomic E-state index is 13.8. The molecule has 7 nitrogen and oxygen atoms in total. The molecule has 2 aromatic heterocycles. The molecule has 1 aliphatic heterocycles. The van der Waals surface area contributed by atoms with E-state index in [1.807, 2.05) is 0 Å². The van der Waals surface area contributed by atoms with Crippen LogP contribution in [0.25, 0.3) is 11.0 Å². The van der Waals surface area contributed by atoms with Crippen LogP contribution in [0.4, 0.5) is 13.2 Å². The highest BCUT2D eigenvalue weighted by atomic mass is 19.4. The van der Waals surface area contributed by atoms with Gasteiger partial charge in [-0.3, -0.25) is 18.7 Å². The molecular formula is C19H23F3N4O3. The number of piperidine rings is 1. The van der Waals surface area contributed by atoms with Crippen LogP contribution in [0.1, 0.15) is 43.9 Å². The second kappa shape index (κ2) is 7.31. The van der Waals surface area contributed by atoms with Crippen LogP contribution in [0, 0.1) is 5.92 Å². The highest BCUT2D eigenvalue weighted by Gasteiger charge is 2.37.